The molecule has 0 saturated carbocycles. The van der Waals surface area contributed by atoms with Crippen molar-refractivity contribution in [1.29, 1.82) is 0 Å². The van der Waals surface area contributed by atoms with Crippen LogP contribution >= 0.6 is 0 Å². The third kappa shape index (κ3) is 2.16. The van der Waals surface area contributed by atoms with Gasteiger partial charge >= 0.3 is 30.3 Å². The van der Waals surface area contributed by atoms with Crippen LogP contribution in [0.2, 0.25) is 0 Å². The molecule has 1 heterocycles. The monoisotopic (exact) mass is 288 g/mol. The zero-order valence-electron chi connectivity index (χ0n) is 7.93. The summed E-state index contributed by atoms with van der Waals surface area (Å²) in [6.45, 7) is -1.71. The van der Waals surface area contributed by atoms with E-state index in [4.69, 9.17) is 5.11 Å². The minimum Gasteiger partial charge on any atom is -0.385 e. The molecule has 12 heteroatoms. The molecule has 0 spiro atoms. The maximum Gasteiger partial charge on any atom is 0.518 e. The molecule has 1 aliphatic heterocycles. The number of cyclic esters (lactones) is 2. The third-order valence-electron chi connectivity index (χ3n) is 1.68. The van der Waals surface area contributed by atoms with Crippen molar-refractivity contribution >= 4 is 6.16 Å². The first-order chi connectivity index (χ1) is 7.87. The summed E-state index contributed by atoms with van der Waals surface area (Å²) in [5.74, 6) is -9.96. The van der Waals surface area contributed by atoms with Crippen molar-refractivity contribution in [1.82, 2.24) is 0 Å². The van der Waals surface area contributed by atoms with Gasteiger partial charge in [-0.15, -0.1) is 0 Å². The number of alkyl halides is 7. The highest BCUT2D eigenvalue weighted by Gasteiger charge is 2.77. The minimum absolute atomic E-state index is 1.69. The van der Waals surface area contributed by atoms with Gasteiger partial charge in [0.05, 0.1) is 0 Å². The molecular weight excluding hydrogens is 285 g/mol. The van der Waals surface area contributed by atoms with Crippen molar-refractivity contribution in [3.8, 4) is 0 Å². The summed E-state index contributed by atoms with van der Waals surface area (Å²) in [7, 11) is 0. The molecule has 0 bridgehead atoms. The largest absolute Gasteiger partial charge is 0.518 e. The summed E-state index contributed by atoms with van der Waals surface area (Å²) in [6, 6.07) is 0. The Morgan fingerprint density at radius 2 is 1.56 bits per heavy atom. The molecule has 0 aromatic rings. The topological polar surface area (TPSA) is 65.0 Å². The van der Waals surface area contributed by atoms with E-state index in [-0.39, 0.29) is 0 Å². The predicted molar refractivity (Wildman–Crippen MR) is 34.4 cm³/mol. The Morgan fingerprint density at radius 3 is 1.83 bits per heavy atom. The van der Waals surface area contributed by atoms with Gasteiger partial charge in [0.25, 0.3) is 0 Å². The molecule has 18 heavy (non-hydrogen) atoms. The third-order valence-corrected chi connectivity index (χ3v) is 1.68. The molecule has 1 fully saturated rings. The highest BCUT2D eigenvalue weighted by molar-refractivity contribution is 5.65. The molecule has 0 unspecified atom stereocenters. The lowest BCUT2D eigenvalue weighted by Crippen LogP contribution is -2.63. The van der Waals surface area contributed by atoms with Crippen molar-refractivity contribution in [3.63, 3.8) is 0 Å². The van der Waals surface area contributed by atoms with Crippen LogP contribution in [0.5, 0.6) is 0 Å². The lowest BCUT2D eigenvalue weighted by atomic mass is 10.3. The van der Waals surface area contributed by atoms with Crippen LogP contribution in [-0.2, 0) is 14.2 Å². The minimum atomic E-state index is -6.62. The van der Waals surface area contributed by atoms with E-state index in [0.717, 1.165) is 0 Å². The van der Waals surface area contributed by atoms with E-state index in [2.05, 4.69) is 14.2 Å². The lowest BCUT2D eigenvalue weighted by molar-refractivity contribution is -0.523. The van der Waals surface area contributed by atoms with E-state index in [1.54, 1.807) is 0 Å². The average Bonchev–Trinajstić information content (AvgIpc) is 2.12. The van der Waals surface area contributed by atoms with Gasteiger partial charge in [-0.3, -0.25) is 0 Å². The fourth-order valence-corrected chi connectivity index (χ4v) is 0.824. The number of carbonyl (C=O) groups excluding carboxylic acids is 1. The number of carbonyl (C=O) groups is 1. The molecule has 5 nitrogen and oxygen atoms in total. The standard InChI is InChI=1S/C6H3F7O5/c7-4(8,5(9,10)11)6(12,13)18-3(1-14)16-2(15)17-3/h14H,1H2. The first-order valence-electron chi connectivity index (χ1n) is 3.92. The van der Waals surface area contributed by atoms with Crippen LogP contribution in [0.25, 0.3) is 0 Å². The number of hydrogen-bond donors (Lipinski definition) is 1. The fraction of sp³-hybridized carbons (Fsp3) is 0.833. The van der Waals surface area contributed by atoms with Crippen molar-refractivity contribution in [2.24, 2.45) is 0 Å². The summed E-state index contributed by atoms with van der Waals surface area (Å²) in [5.41, 5.74) is 0. The zero-order chi connectivity index (χ0) is 14.4. The van der Waals surface area contributed by atoms with Crippen LogP contribution in [0.15, 0.2) is 0 Å². The van der Waals surface area contributed by atoms with Crippen LogP contribution < -0.4 is 0 Å². The number of rotatable bonds is 4. The molecule has 0 aliphatic carbocycles. The van der Waals surface area contributed by atoms with Crippen molar-refractivity contribution in [3.05, 3.63) is 0 Å². The van der Waals surface area contributed by atoms with E-state index in [1.807, 2.05) is 0 Å². The maximum absolute atomic E-state index is 12.7. The van der Waals surface area contributed by atoms with Gasteiger partial charge in [-0.2, -0.15) is 30.7 Å². The number of ether oxygens (including phenoxy) is 3. The van der Waals surface area contributed by atoms with E-state index >= 15 is 0 Å². The molecule has 106 valence electrons. The quantitative estimate of drug-likeness (QED) is 0.629. The van der Waals surface area contributed by atoms with E-state index in [9.17, 15) is 35.5 Å². The number of hydrogen-bond acceptors (Lipinski definition) is 5. The summed E-state index contributed by atoms with van der Waals surface area (Å²) in [4.78, 5) is 10.1. The second-order valence-electron chi connectivity index (χ2n) is 2.99. The molecule has 1 N–H and O–H groups in total. The Hall–Kier alpha value is -1.30. The Kier molecular flexibility index (Phi) is 3.15. The van der Waals surface area contributed by atoms with Gasteiger partial charge in [0.1, 0.15) is 0 Å². The van der Waals surface area contributed by atoms with Gasteiger partial charge in [0, 0.05) is 0 Å². The maximum atomic E-state index is 12.7. The summed E-state index contributed by atoms with van der Waals surface area (Å²) >= 11 is 0. The van der Waals surface area contributed by atoms with Crippen molar-refractivity contribution in [2.45, 2.75) is 24.2 Å². The first kappa shape index (κ1) is 14.8. The SMILES string of the molecule is O=C1OC(CO)(OC(F)(F)C(F)(F)C(F)(F)F)O1. The Labute approximate surface area is 93.0 Å². The highest BCUT2D eigenvalue weighted by atomic mass is 19.4. The zero-order valence-corrected chi connectivity index (χ0v) is 7.93. The second-order valence-corrected chi connectivity index (χ2v) is 2.99. The molecule has 0 radical (unpaired) electrons. The van der Waals surface area contributed by atoms with Gasteiger partial charge in [0.15, 0.2) is 6.61 Å². The lowest BCUT2D eigenvalue weighted by Gasteiger charge is -2.40. The van der Waals surface area contributed by atoms with Crippen molar-refractivity contribution in [2.75, 3.05) is 6.61 Å². The molecule has 1 aliphatic rings. The molecular formula is C6H3F7O5. The molecule has 0 aromatic heterocycles. The Bertz CT molecular complexity index is 343. The summed E-state index contributed by atoms with van der Waals surface area (Å²) in [6.07, 6.45) is -14.4. The average molecular weight is 288 g/mol. The van der Waals surface area contributed by atoms with Crippen LogP contribution in [0, 0.1) is 0 Å². The number of aliphatic hydroxyl groups excluding tert-OH is 1. The smallest absolute Gasteiger partial charge is 0.385 e. The normalized spacial score (nSPS) is 19.9. The fourth-order valence-electron chi connectivity index (χ4n) is 0.824. The van der Waals surface area contributed by atoms with Crippen LogP contribution in [0.1, 0.15) is 0 Å². The van der Waals surface area contributed by atoms with Crippen LogP contribution in [-0.4, -0.2) is 42.0 Å². The first-order valence-corrected chi connectivity index (χ1v) is 3.92. The molecule has 0 amide bonds. The van der Waals surface area contributed by atoms with Gasteiger partial charge in [-0.05, 0) is 0 Å². The molecule has 1 saturated heterocycles. The predicted octanol–water partition coefficient (Wildman–Crippen LogP) is 1.61. The van der Waals surface area contributed by atoms with Crippen LogP contribution in [0.3, 0.4) is 0 Å². The van der Waals surface area contributed by atoms with Gasteiger partial charge in [-0.1, -0.05) is 0 Å². The van der Waals surface area contributed by atoms with Gasteiger partial charge < -0.3 is 14.6 Å². The van der Waals surface area contributed by atoms with Crippen molar-refractivity contribution < 1.29 is 54.8 Å². The molecule has 0 aromatic carbocycles. The summed E-state index contributed by atoms with van der Waals surface area (Å²) in [5, 5.41) is 8.40. The molecule has 0 atom stereocenters. The van der Waals surface area contributed by atoms with Crippen LogP contribution in [0.4, 0.5) is 35.5 Å². The Balaban J connectivity index is 2.91. The number of halogens is 7. The van der Waals surface area contributed by atoms with E-state index in [0.29, 0.717) is 0 Å². The second kappa shape index (κ2) is 3.85. The van der Waals surface area contributed by atoms with E-state index < -0.39 is 36.9 Å². The molecule has 1 rings (SSSR count). The number of aliphatic hydroxyl groups is 1. The van der Waals surface area contributed by atoms with E-state index in [1.165, 1.54) is 0 Å². The summed E-state index contributed by atoms with van der Waals surface area (Å²) < 4.78 is 95.2. The van der Waals surface area contributed by atoms with Gasteiger partial charge in [-0.25, -0.2) is 9.53 Å². The highest BCUT2D eigenvalue weighted by Crippen LogP contribution is 2.49. The Morgan fingerprint density at radius 1 is 1.11 bits per heavy atom. The van der Waals surface area contributed by atoms with Gasteiger partial charge in [0.2, 0.25) is 0 Å².